The molecule has 0 radical (unpaired) electrons. The highest BCUT2D eigenvalue weighted by molar-refractivity contribution is 4.79. The Bertz CT molecular complexity index is 295. The summed E-state index contributed by atoms with van der Waals surface area (Å²) in [4.78, 5) is 4.15. The van der Waals surface area contributed by atoms with Gasteiger partial charge in [-0.25, -0.2) is 4.98 Å². The van der Waals surface area contributed by atoms with Crippen LogP contribution in [0.5, 0.6) is 0 Å². The second-order valence-corrected chi connectivity index (χ2v) is 6.28. The van der Waals surface area contributed by atoms with E-state index in [1.807, 2.05) is 0 Å². The van der Waals surface area contributed by atoms with Gasteiger partial charge < -0.3 is 0 Å². The second kappa shape index (κ2) is 14.1. The quantitative estimate of drug-likeness (QED) is 0.413. The molecule has 0 spiro atoms. The summed E-state index contributed by atoms with van der Waals surface area (Å²) in [7, 11) is 0. The van der Waals surface area contributed by atoms with Crippen LogP contribution in [0.2, 0.25) is 0 Å². The molecule has 122 valence electrons. The van der Waals surface area contributed by atoms with Gasteiger partial charge in [0.25, 0.3) is 0 Å². The summed E-state index contributed by atoms with van der Waals surface area (Å²) in [5.74, 6) is 1.04. The fourth-order valence-electron chi connectivity index (χ4n) is 2.84. The molecule has 1 aromatic rings. The van der Waals surface area contributed by atoms with Crippen molar-refractivity contribution in [3.05, 3.63) is 12.2 Å². The molecule has 0 fully saturated rings. The van der Waals surface area contributed by atoms with Crippen LogP contribution in [-0.4, -0.2) is 15.2 Å². The van der Waals surface area contributed by atoms with Crippen LogP contribution in [0.1, 0.15) is 103 Å². The van der Waals surface area contributed by atoms with Gasteiger partial charge in [-0.2, -0.15) is 5.10 Å². The molecular weight excluding hydrogens is 258 g/mol. The molecule has 1 N–H and O–H groups in total. The Kier molecular flexibility index (Phi) is 12.2. The Morgan fingerprint density at radius 2 is 1.19 bits per heavy atom. The van der Waals surface area contributed by atoms with Gasteiger partial charge in [0.05, 0.1) is 0 Å². The molecule has 0 bridgehead atoms. The number of hydrogen-bond acceptors (Lipinski definition) is 2. The summed E-state index contributed by atoms with van der Waals surface area (Å²) < 4.78 is 0. The molecule has 0 saturated carbocycles. The van der Waals surface area contributed by atoms with Crippen molar-refractivity contribution in [3.63, 3.8) is 0 Å². The lowest BCUT2D eigenvalue weighted by atomic mass is 10.0. The molecule has 0 amide bonds. The van der Waals surface area contributed by atoms with E-state index in [4.69, 9.17) is 0 Å². The minimum absolute atomic E-state index is 1.04. The number of H-pyrrole nitrogens is 1. The van der Waals surface area contributed by atoms with Crippen molar-refractivity contribution < 1.29 is 0 Å². The first-order chi connectivity index (χ1) is 10.4. The number of nitrogens with one attached hydrogen (secondary N) is 1. The van der Waals surface area contributed by atoms with Crippen LogP contribution in [0.15, 0.2) is 6.33 Å². The minimum Gasteiger partial charge on any atom is -0.263 e. The van der Waals surface area contributed by atoms with Gasteiger partial charge in [-0.15, -0.1) is 0 Å². The van der Waals surface area contributed by atoms with Crippen LogP contribution in [0.25, 0.3) is 0 Å². The van der Waals surface area contributed by atoms with E-state index in [2.05, 4.69) is 22.1 Å². The summed E-state index contributed by atoms with van der Waals surface area (Å²) in [6, 6.07) is 0. The average molecular weight is 293 g/mol. The zero-order valence-electron chi connectivity index (χ0n) is 14.1. The maximum Gasteiger partial charge on any atom is 0.137 e. The van der Waals surface area contributed by atoms with E-state index in [0.717, 1.165) is 12.2 Å². The third-order valence-electron chi connectivity index (χ3n) is 4.23. The van der Waals surface area contributed by atoms with Crippen molar-refractivity contribution >= 4 is 0 Å². The fourth-order valence-corrected chi connectivity index (χ4v) is 2.84. The lowest BCUT2D eigenvalue weighted by molar-refractivity contribution is 0.534. The molecule has 0 aliphatic carbocycles. The highest BCUT2D eigenvalue weighted by Gasteiger charge is 1.96. The Balaban J connectivity index is 1.69. The molecule has 0 atom stereocenters. The van der Waals surface area contributed by atoms with Crippen LogP contribution in [-0.2, 0) is 6.42 Å². The number of aromatic amines is 1. The van der Waals surface area contributed by atoms with Crippen LogP contribution in [0.4, 0.5) is 0 Å². The Morgan fingerprint density at radius 1 is 0.714 bits per heavy atom. The third kappa shape index (κ3) is 11.5. The van der Waals surface area contributed by atoms with Crippen LogP contribution in [0, 0.1) is 0 Å². The van der Waals surface area contributed by atoms with Gasteiger partial charge in [-0.1, -0.05) is 90.4 Å². The van der Waals surface area contributed by atoms with Gasteiger partial charge in [0.15, 0.2) is 0 Å². The van der Waals surface area contributed by atoms with Gasteiger partial charge in [-0.05, 0) is 6.42 Å². The van der Waals surface area contributed by atoms with Gasteiger partial charge in [0, 0.05) is 6.42 Å². The van der Waals surface area contributed by atoms with Crippen molar-refractivity contribution in [1.29, 1.82) is 0 Å². The average Bonchev–Trinajstić information content (AvgIpc) is 3.01. The molecule has 0 aliphatic heterocycles. The molecule has 3 nitrogen and oxygen atoms in total. The summed E-state index contributed by atoms with van der Waals surface area (Å²) in [5, 5.41) is 6.79. The molecule has 1 rings (SSSR count). The Morgan fingerprint density at radius 3 is 1.62 bits per heavy atom. The molecular formula is C18H35N3. The van der Waals surface area contributed by atoms with Gasteiger partial charge in [0.1, 0.15) is 12.2 Å². The Hall–Kier alpha value is -0.860. The first kappa shape index (κ1) is 18.2. The number of hydrogen-bond donors (Lipinski definition) is 1. The molecule has 21 heavy (non-hydrogen) atoms. The van der Waals surface area contributed by atoms with Crippen molar-refractivity contribution in [2.75, 3.05) is 0 Å². The summed E-state index contributed by atoms with van der Waals surface area (Å²) in [6.07, 6.45) is 22.4. The topological polar surface area (TPSA) is 41.6 Å². The van der Waals surface area contributed by atoms with E-state index in [-0.39, 0.29) is 0 Å². The smallest absolute Gasteiger partial charge is 0.137 e. The van der Waals surface area contributed by atoms with E-state index in [0.29, 0.717) is 0 Å². The van der Waals surface area contributed by atoms with E-state index >= 15 is 0 Å². The third-order valence-corrected chi connectivity index (χ3v) is 4.23. The number of aryl methyl sites for hydroxylation is 1. The molecule has 0 aromatic carbocycles. The van der Waals surface area contributed by atoms with E-state index in [9.17, 15) is 0 Å². The SMILES string of the molecule is CCCCCCCCCCCCCCCCc1ncn[nH]1. The van der Waals surface area contributed by atoms with Crippen molar-refractivity contribution in [2.24, 2.45) is 0 Å². The van der Waals surface area contributed by atoms with Crippen molar-refractivity contribution in [1.82, 2.24) is 15.2 Å². The molecule has 0 aliphatic rings. The monoisotopic (exact) mass is 293 g/mol. The first-order valence-electron chi connectivity index (χ1n) is 9.27. The first-order valence-corrected chi connectivity index (χ1v) is 9.27. The van der Waals surface area contributed by atoms with E-state index < -0.39 is 0 Å². The molecule has 1 aromatic heterocycles. The lowest BCUT2D eigenvalue weighted by Gasteiger charge is -2.03. The summed E-state index contributed by atoms with van der Waals surface area (Å²) in [6.45, 7) is 2.29. The van der Waals surface area contributed by atoms with Crippen LogP contribution >= 0.6 is 0 Å². The lowest BCUT2D eigenvalue weighted by Crippen LogP contribution is -1.89. The number of rotatable bonds is 15. The Labute approximate surface area is 131 Å². The maximum absolute atomic E-state index is 4.15. The highest BCUT2D eigenvalue weighted by Crippen LogP contribution is 2.13. The predicted octanol–water partition coefficient (Wildman–Crippen LogP) is 5.83. The van der Waals surface area contributed by atoms with E-state index in [1.54, 1.807) is 6.33 Å². The maximum atomic E-state index is 4.15. The van der Waals surface area contributed by atoms with Gasteiger partial charge in [-0.3, -0.25) is 5.10 Å². The zero-order chi connectivity index (χ0) is 15.0. The van der Waals surface area contributed by atoms with Gasteiger partial charge in [0.2, 0.25) is 0 Å². The number of aromatic nitrogens is 3. The molecule has 0 saturated heterocycles. The number of nitrogens with zero attached hydrogens (tertiary/aromatic N) is 2. The van der Waals surface area contributed by atoms with Crippen molar-refractivity contribution in [3.8, 4) is 0 Å². The summed E-state index contributed by atoms with van der Waals surface area (Å²) in [5.41, 5.74) is 0. The highest BCUT2D eigenvalue weighted by atomic mass is 15.2. The largest absolute Gasteiger partial charge is 0.263 e. The second-order valence-electron chi connectivity index (χ2n) is 6.28. The number of unbranched alkanes of at least 4 members (excludes halogenated alkanes) is 13. The molecule has 0 unspecified atom stereocenters. The minimum atomic E-state index is 1.04. The standard InChI is InChI=1S/C18H35N3/c1-2-3-4-5-6-7-8-9-10-11-12-13-14-15-16-18-19-17-20-21-18/h17H,2-16H2,1H3,(H,19,20,21). The van der Waals surface area contributed by atoms with Crippen molar-refractivity contribution in [2.45, 2.75) is 103 Å². The van der Waals surface area contributed by atoms with Gasteiger partial charge >= 0.3 is 0 Å². The summed E-state index contributed by atoms with van der Waals surface area (Å²) >= 11 is 0. The predicted molar refractivity (Wildman–Crippen MR) is 90.4 cm³/mol. The fraction of sp³-hybridized carbons (Fsp3) is 0.889. The molecule has 3 heteroatoms. The van der Waals surface area contributed by atoms with E-state index in [1.165, 1.54) is 89.9 Å². The van der Waals surface area contributed by atoms with Crippen LogP contribution in [0.3, 0.4) is 0 Å². The van der Waals surface area contributed by atoms with Crippen LogP contribution < -0.4 is 0 Å². The molecule has 1 heterocycles. The normalized spacial score (nSPS) is 11.1. The zero-order valence-corrected chi connectivity index (χ0v) is 14.1.